The van der Waals surface area contributed by atoms with Crippen LogP contribution in [0.3, 0.4) is 0 Å². The quantitative estimate of drug-likeness (QED) is 0.761. The van der Waals surface area contributed by atoms with Crippen molar-refractivity contribution in [3.63, 3.8) is 0 Å². The van der Waals surface area contributed by atoms with Crippen LogP contribution in [0.1, 0.15) is 23.6 Å². The molecule has 2 nitrogen and oxygen atoms in total. The molecule has 4 heteroatoms. The minimum absolute atomic E-state index is 0.155. The van der Waals surface area contributed by atoms with Crippen LogP contribution in [-0.2, 0) is 4.74 Å². The summed E-state index contributed by atoms with van der Waals surface area (Å²) in [5, 5.41) is 0. The molecule has 16 heavy (non-hydrogen) atoms. The molecule has 0 saturated carbocycles. The predicted octanol–water partition coefficient (Wildman–Crippen LogP) is 2.67. The number of alkyl halides is 2. The Morgan fingerprint density at radius 3 is 2.75 bits per heavy atom. The van der Waals surface area contributed by atoms with Gasteiger partial charge in [-0.15, -0.1) is 0 Å². The summed E-state index contributed by atoms with van der Waals surface area (Å²) in [6.45, 7) is 1.74. The van der Waals surface area contributed by atoms with E-state index < -0.39 is 13.0 Å². The molecule has 1 unspecified atom stereocenters. The zero-order valence-corrected chi connectivity index (χ0v) is 9.33. The van der Waals surface area contributed by atoms with Gasteiger partial charge < -0.3 is 10.5 Å². The molecule has 2 N–H and O–H groups in total. The van der Waals surface area contributed by atoms with Crippen LogP contribution in [0.2, 0.25) is 0 Å². The van der Waals surface area contributed by atoms with Crippen LogP contribution in [0, 0.1) is 6.92 Å². The van der Waals surface area contributed by atoms with Crippen molar-refractivity contribution in [1.29, 1.82) is 0 Å². The van der Waals surface area contributed by atoms with Gasteiger partial charge in [-0.25, -0.2) is 8.78 Å². The van der Waals surface area contributed by atoms with Gasteiger partial charge in [-0.1, -0.05) is 29.8 Å². The molecule has 0 aromatic heterocycles. The molecular weight excluding hydrogens is 212 g/mol. The van der Waals surface area contributed by atoms with Gasteiger partial charge in [0.15, 0.2) is 0 Å². The summed E-state index contributed by atoms with van der Waals surface area (Å²) in [6, 6.07) is 7.70. The van der Waals surface area contributed by atoms with E-state index in [0.717, 1.165) is 11.1 Å². The monoisotopic (exact) mass is 229 g/mol. The van der Waals surface area contributed by atoms with Crippen molar-refractivity contribution in [2.24, 2.45) is 5.73 Å². The van der Waals surface area contributed by atoms with E-state index >= 15 is 0 Å². The Morgan fingerprint density at radius 1 is 1.38 bits per heavy atom. The third-order valence-electron chi connectivity index (χ3n) is 2.29. The maximum absolute atomic E-state index is 11.8. The second kappa shape index (κ2) is 6.55. The fourth-order valence-corrected chi connectivity index (χ4v) is 1.45. The molecule has 1 aromatic rings. The van der Waals surface area contributed by atoms with Gasteiger partial charge in [0.2, 0.25) is 0 Å². The highest BCUT2D eigenvalue weighted by Crippen LogP contribution is 2.15. The third-order valence-corrected chi connectivity index (χ3v) is 2.29. The molecule has 0 bridgehead atoms. The highest BCUT2D eigenvalue weighted by atomic mass is 19.3. The largest absolute Gasteiger partial charge is 0.375 e. The first-order chi connectivity index (χ1) is 7.59. The molecule has 0 aliphatic heterocycles. The molecule has 1 rings (SSSR count). The van der Waals surface area contributed by atoms with Crippen molar-refractivity contribution in [3.05, 3.63) is 35.4 Å². The molecule has 1 atom stereocenters. The van der Waals surface area contributed by atoms with Crippen LogP contribution in [-0.4, -0.2) is 19.6 Å². The molecule has 0 aliphatic carbocycles. The summed E-state index contributed by atoms with van der Waals surface area (Å²) in [5.41, 5.74) is 8.07. The summed E-state index contributed by atoms with van der Waals surface area (Å²) in [7, 11) is 0. The minimum atomic E-state index is -2.41. The average Bonchev–Trinajstić information content (AvgIpc) is 2.24. The normalized spacial score (nSPS) is 13.1. The predicted molar refractivity (Wildman–Crippen MR) is 59.5 cm³/mol. The van der Waals surface area contributed by atoms with Gasteiger partial charge in [-0.2, -0.15) is 0 Å². The van der Waals surface area contributed by atoms with E-state index in [1.807, 2.05) is 31.2 Å². The number of benzene rings is 1. The zero-order chi connectivity index (χ0) is 12.0. The average molecular weight is 229 g/mol. The van der Waals surface area contributed by atoms with Gasteiger partial charge in [-0.05, 0) is 18.9 Å². The Kier molecular flexibility index (Phi) is 5.35. The molecule has 0 amide bonds. The summed E-state index contributed by atoms with van der Waals surface area (Å²) < 4.78 is 28.3. The van der Waals surface area contributed by atoms with E-state index in [0.29, 0.717) is 6.42 Å². The van der Waals surface area contributed by atoms with Crippen LogP contribution in [0.15, 0.2) is 24.3 Å². The van der Waals surface area contributed by atoms with Crippen LogP contribution in [0.5, 0.6) is 0 Å². The number of nitrogens with two attached hydrogens (primary N) is 1. The fourth-order valence-electron chi connectivity index (χ4n) is 1.45. The smallest absolute Gasteiger partial charge is 0.261 e. The number of hydrogen-bond acceptors (Lipinski definition) is 2. The highest BCUT2D eigenvalue weighted by Gasteiger charge is 2.07. The van der Waals surface area contributed by atoms with Crippen molar-refractivity contribution in [2.45, 2.75) is 25.8 Å². The first-order valence-electron chi connectivity index (χ1n) is 5.27. The van der Waals surface area contributed by atoms with E-state index in [1.54, 1.807) is 0 Å². The van der Waals surface area contributed by atoms with Gasteiger partial charge in [0, 0.05) is 12.6 Å². The third kappa shape index (κ3) is 4.68. The second-order valence-electron chi connectivity index (χ2n) is 3.78. The topological polar surface area (TPSA) is 35.2 Å². The van der Waals surface area contributed by atoms with Crippen LogP contribution in [0.25, 0.3) is 0 Å². The van der Waals surface area contributed by atoms with Crippen molar-refractivity contribution < 1.29 is 13.5 Å². The van der Waals surface area contributed by atoms with Crippen LogP contribution >= 0.6 is 0 Å². The van der Waals surface area contributed by atoms with Gasteiger partial charge in [0.1, 0.15) is 6.61 Å². The summed E-state index contributed by atoms with van der Waals surface area (Å²) in [4.78, 5) is 0. The Balaban J connectivity index is 2.32. The first kappa shape index (κ1) is 13.1. The first-order valence-corrected chi connectivity index (χ1v) is 5.27. The molecule has 0 saturated heterocycles. The summed E-state index contributed by atoms with van der Waals surface area (Å²) in [6.07, 6.45) is -1.86. The number of ether oxygens (including phenoxy) is 1. The van der Waals surface area contributed by atoms with E-state index in [9.17, 15) is 8.78 Å². The lowest BCUT2D eigenvalue weighted by molar-refractivity contribution is 0.0152. The van der Waals surface area contributed by atoms with E-state index in [2.05, 4.69) is 0 Å². The molecule has 1 aromatic carbocycles. The lowest BCUT2D eigenvalue weighted by Crippen LogP contribution is -2.14. The fraction of sp³-hybridized carbons (Fsp3) is 0.500. The highest BCUT2D eigenvalue weighted by molar-refractivity contribution is 5.24. The SMILES string of the molecule is Cc1cccc(C(N)CCOCC(F)F)c1. The van der Waals surface area contributed by atoms with Gasteiger partial charge in [0.25, 0.3) is 6.43 Å². The molecule has 0 fully saturated rings. The Labute approximate surface area is 94.4 Å². The standard InChI is InChI=1S/C12H17F2NO/c1-9-3-2-4-10(7-9)11(15)5-6-16-8-12(13)14/h2-4,7,11-12H,5-6,8,15H2,1H3. The van der Waals surface area contributed by atoms with Gasteiger partial charge in [0.05, 0.1) is 0 Å². The molecule has 0 radical (unpaired) electrons. The maximum atomic E-state index is 11.8. The van der Waals surface area contributed by atoms with E-state index in [-0.39, 0.29) is 12.6 Å². The zero-order valence-electron chi connectivity index (χ0n) is 9.33. The molecule has 90 valence electrons. The lowest BCUT2D eigenvalue weighted by Gasteiger charge is -2.12. The van der Waals surface area contributed by atoms with Crippen molar-refractivity contribution in [3.8, 4) is 0 Å². The molecule has 0 spiro atoms. The van der Waals surface area contributed by atoms with Crippen LogP contribution < -0.4 is 5.73 Å². The Bertz CT molecular complexity index is 318. The number of hydrogen-bond donors (Lipinski definition) is 1. The molecular formula is C12H17F2NO. The second-order valence-corrected chi connectivity index (χ2v) is 3.78. The Hall–Kier alpha value is -1.00. The number of rotatable bonds is 6. The minimum Gasteiger partial charge on any atom is -0.375 e. The molecule has 0 aliphatic rings. The van der Waals surface area contributed by atoms with Crippen molar-refractivity contribution in [1.82, 2.24) is 0 Å². The van der Waals surface area contributed by atoms with Crippen molar-refractivity contribution in [2.75, 3.05) is 13.2 Å². The maximum Gasteiger partial charge on any atom is 0.261 e. The molecule has 0 heterocycles. The van der Waals surface area contributed by atoms with E-state index in [1.165, 1.54) is 0 Å². The Morgan fingerprint density at radius 2 is 2.12 bits per heavy atom. The summed E-state index contributed by atoms with van der Waals surface area (Å²) >= 11 is 0. The number of halogens is 2. The van der Waals surface area contributed by atoms with Gasteiger partial charge in [-0.3, -0.25) is 0 Å². The van der Waals surface area contributed by atoms with Crippen molar-refractivity contribution >= 4 is 0 Å². The summed E-state index contributed by atoms with van der Waals surface area (Å²) in [5.74, 6) is 0. The lowest BCUT2D eigenvalue weighted by atomic mass is 10.0. The number of aryl methyl sites for hydroxylation is 1. The van der Waals surface area contributed by atoms with Gasteiger partial charge >= 0.3 is 0 Å². The van der Waals surface area contributed by atoms with Crippen LogP contribution in [0.4, 0.5) is 8.78 Å². The van der Waals surface area contributed by atoms with E-state index in [4.69, 9.17) is 10.5 Å².